The van der Waals surface area contributed by atoms with Crippen LogP contribution >= 0.6 is 0 Å². The normalized spacial score (nSPS) is 21.0. The quantitative estimate of drug-likeness (QED) is 0.407. The van der Waals surface area contributed by atoms with Crippen LogP contribution in [0.3, 0.4) is 0 Å². The number of guanidine groups is 1. The lowest BCUT2D eigenvalue weighted by molar-refractivity contribution is 0.589. The van der Waals surface area contributed by atoms with Gasteiger partial charge < -0.3 is 11.5 Å². The van der Waals surface area contributed by atoms with Gasteiger partial charge >= 0.3 is 0 Å². The van der Waals surface area contributed by atoms with Crippen LogP contribution in [0.2, 0.25) is 0 Å². The van der Waals surface area contributed by atoms with E-state index < -0.39 is 0 Å². The van der Waals surface area contributed by atoms with Crippen LogP contribution in [0.5, 0.6) is 0 Å². The molecule has 0 unspecified atom stereocenters. The first kappa shape index (κ1) is 6.39. The minimum absolute atomic E-state index is 0.211. The van der Waals surface area contributed by atoms with Crippen LogP contribution in [0.4, 0.5) is 0 Å². The minimum Gasteiger partial charge on any atom is -0.370 e. The van der Waals surface area contributed by atoms with Crippen molar-refractivity contribution in [2.45, 2.75) is 19.8 Å². The first-order valence-electron chi connectivity index (χ1n) is 3.18. The highest BCUT2D eigenvalue weighted by molar-refractivity contribution is 5.75. The Balaban J connectivity index is 2.27. The number of hydrogen-bond acceptors (Lipinski definition) is 1. The van der Waals surface area contributed by atoms with Crippen LogP contribution in [0.25, 0.3) is 0 Å². The fourth-order valence-corrected chi connectivity index (χ4v) is 0.654. The van der Waals surface area contributed by atoms with Gasteiger partial charge in [0.15, 0.2) is 5.96 Å². The maximum absolute atomic E-state index is 5.16. The molecule has 0 aromatic rings. The van der Waals surface area contributed by atoms with Crippen LogP contribution in [0.15, 0.2) is 4.99 Å². The van der Waals surface area contributed by atoms with Gasteiger partial charge in [-0.15, -0.1) is 0 Å². The standard InChI is InChI=1S/C6H13N3/c1-6(2-3-6)4-9-5(7)8/h2-4H2,1H3,(H4,7,8,9). The number of nitrogens with zero attached hydrogens (tertiary/aromatic N) is 1. The summed E-state index contributed by atoms with van der Waals surface area (Å²) in [7, 11) is 0. The maximum Gasteiger partial charge on any atom is 0.185 e. The fourth-order valence-electron chi connectivity index (χ4n) is 0.654. The Morgan fingerprint density at radius 1 is 1.56 bits per heavy atom. The van der Waals surface area contributed by atoms with E-state index >= 15 is 0 Å². The molecule has 4 N–H and O–H groups in total. The third kappa shape index (κ3) is 1.91. The molecule has 0 amide bonds. The fraction of sp³-hybridized carbons (Fsp3) is 0.833. The van der Waals surface area contributed by atoms with Crippen molar-refractivity contribution in [3.8, 4) is 0 Å². The molecule has 0 spiro atoms. The molecule has 0 aliphatic heterocycles. The van der Waals surface area contributed by atoms with E-state index in [1.807, 2.05) is 0 Å². The molecule has 9 heavy (non-hydrogen) atoms. The molecule has 1 aliphatic carbocycles. The predicted molar refractivity (Wildman–Crippen MR) is 38.0 cm³/mol. The molecule has 0 atom stereocenters. The van der Waals surface area contributed by atoms with Crippen LogP contribution in [-0.4, -0.2) is 12.5 Å². The average Bonchev–Trinajstić information content (AvgIpc) is 2.45. The molecule has 0 saturated heterocycles. The summed E-state index contributed by atoms with van der Waals surface area (Å²) in [4.78, 5) is 3.93. The maximum atomic E-state index is 5.16. The van der Waals surface area contributed by atoms with Crippen molar-refractivity contribution in [3.05, 3.63) is 0 Å². The molecule has 0 heterocycles. The largest absolute Gasteiger partial charge is 0.370 e. The van der Waals surface area contributed by atoms with Gasteiger partial charge in [-0.25, -0.2) is 0 Å². The number of rotatable bonds is 2. The molecule has 0 aromatic heterocycles. The number of nitrogens with two attached hydrogens (primary N) is 2. The Morgan fingerprint density at radius 3 is 2.44 bits per heavy atom. The second-order valence-electron chi connectivity index (χ2n) is 3.05. The van der Waals surface area contributed by atoms with Crippen molar-refractivity contribution < 1.29 is 0 Å². The summed E-state index contributed by atoms with van der Waals surface area (Å²) in [6.07, 6.45) is 2.54. The molecular formula is C6H13N3. The predicted octanol–water partition coefficient (Wildman–Crippen LogP) is 0.0599. The summed E-state index contributed by atoms with van der Waals surface area (Å²) in [6.45, 7) is 2.99. The summed E-state index contributed by atoms with van der Waals surface area (Å²) in [5.41, 5.74) is 10.7. The second kappa shape index (κ2) is 1.90. The second-order valence-corrected chi connectivity index (χ2v) is 3.05. The Morgan fingerprint density at radius 2 is 2.11 bits per heavy atom. The minimum atomic E-state index is 0.211. The van der Waals surface area contributed by atoms with Crippen LogP contribution < -0.4 is 11.5 Å². The average molecular weight is 127 g/mol. The van der Waals surface area contributed by atoms with Gasteiger partial charge in [-0.2, -0.15) is 0 Å². The summed E-state index contributed by atoms with van der Waals surface area (Å²) in [6, 6.07) is 0. The third-order valence-electron chi connectivity index (χ3n) is 1.75. The molecule has 0 aromatic carbocycles. The van der Waals surface area contributed by atoms with Gasteiger partial charge in [-0.3, -0.25) is 4.99 Å². The van der Waals surface area contributed by atoms with Crippen LogP contribution in [0.1, 0.15) is 19.8 Å². The SMILES string of the molecule is CC1(CN=C(N)N)CC1. The molecule has 3 nitrogen and oxygen atoms in total. The Hall–Kier alpha value is -0.730. The Bertz CT molecular complexity index is 131. The third-order valence-corrected chi connectivity index (χ3v) is 1.75. The van der Waals surface area contributed by atoms with Crippen LogP contribution in [0, 0.1) is 5.41 Å². The zero-order valence-electron chi connectivity index (χ0n) is 5.72. The number of aliphatic imine (C=N–C) groups is 1. The number of hydrogen-bond donors (Lipinski definition) is 2. The molecular weight excluding hydrogens is 114 g/mol. The van der Waals surface area contributed by atoms with Crippen molar-refractivity contribution in [3.63, 3.8) is 0 Å². The van der Waals surface area contributed by atoms with Crippen LogP contribution in [-0.2, 0) is 0 Å². The molecule has 1 saturated carbocycles. The monoisotopic (exact) mass is 127 g/mol. The van der Waals surface area contributed by atoms with Gasteiger partial charge in [0.1, 0.15) is 0 Å². The van der Waals surface area contributed by atoms with E-state index in [9.17, 15) is 0 Å². The van der Waals surface area contributed by atoms with Gasteiger partial charge in [0.2, 0.25) is 0 Å². The molecule has 52 valence electrons. The van der Waals surface area contributed by atoms with Gasteiger partial charge in [0.05, 0.1) is 0 Å². The molecule has 0 radical (unpaired) electrons. The van der Waals surface area contributed by atoms with E-state index in [2.05, 4.69) is 11.9 Å². The molecule has 3 heteroatoms. The van der Waals surface area contributed by atoms with E-state index in [1.54, 1.807) is 0 Å². The highest BCUT2D eigenvalue weighted by Gasteiger charge is 2.36. The van der Waals surface area contributed by atoms with E-state index in [4.69, 9.17) is 11.5 Å². The lowest BCUT2D eigenvalue weighted by atomic mass is 10.1. The zero-order valence-corrected chi connectivity index (χ0v) is 5.72. The van der Waals surface area contributed by atoms with Crippen molar-refractivity contribution >= 4 is 5.96 Å². The van der Waals surface area contributed by atoms with Gasteiger partial charge in [0, 0.05) is 6.54 Å². The van der Waals surface area contributed by atoms with Crippen molar-refractivity contribution in [2.75, 3.05) is 6.54 Å². The van der Waals surface area contributed by atoms with E-state index in [1.165, 1.54) is 12.8 Å². The smallest absolute Gasteiger partial charge is 0.185 e. The Kier molecular flexibility index (Phi) is 1.35. The molecule has 1 rings (SSSR count). The summed E-state index contributed by atoms with van der Waals surface area (Å²) in [5.74, 6) is 0.211. The van der Waals surface area contributed by atoms with E-state index in [-0.39, 0.29) is 5.96 Å². The van der Waals surface area contributed by atoms with Gasteiger partial charge in [-0.1, -0.05) is 6.92 Å². The highest BCUT2D eigenvalue weighted by Crippen LogP contribution is 2.44. The van der Waals surface area contributed by atoms with Gasteiger partial charge in [0.25, 0.3) is 0 Å². The lowest BCUT2D eigenvalue weighted by Gasteiger charge is -2.00. The topological polar surface area (TPSA) is 64.4 Å². The van der Waals surface area contributed by atoms with Crippen molar-refractivity contribution in [1.82, 2.24) is 0 Å². The first-order valence-corrected chi connectivity index (χ1v) is 3.18. The van der Waals surface area contributed by atoms with E-state index in [0.29, 0.717) is 5.41 Å². The highest BCUT2D eigenvalue weighted by atomic mass is 15.0. The summed E-state index contributed by atoms with van der Waals surface area (Å²) >= 11 is 0. The lowest BCUT2D eigenvalue weighted by Crippen LogP contribution is -2.23. The van der Waals surface area contributed by atoms with E-state index in [0.717, 1.165) is 6.54 Å². The Labute approximate surface area is 55.1 Å². The molecule has 1 fully saturated rings. The zero-order chi connectivity index (χ0) is 6.91. The first-order chi connectivity index (χ1) is 4.12. The van der Waals surface area contributed by atoms with Gasteiger partial charge in [-0.05, 0) is 18.3 Å². The summed E-state index contributed by atoms with van der Waals surface area (Å²) in [5, 5.41) is 0. The summed E-state index contributed by atoms with van der Waals surface area (Å²) < 4.78 is 0. The molecule has 0 bridgehead atoms. The molecule has 1 aliphatic rings. The van der Waals surface area contributed by atoms with Crippen molar-refractivity contribution in [2.24, 2.45) is 21.9 Å². The van der Waals surface area contributed by atoms with Crippen molar-refractivity contribution in [1.29, 1.82) is 0 Å².